The topological polar surface area (TPSA) is 20.3 Å². The normalized spacial score (nSPS) is 14.4. The summed E-state index contributed by atoms with van der Waals surface area (Å²) < 4.78 is 0.959. The summed E-state index contributed by atoms with van der Waals surface area (Å²) in [5.74, 6) is 0.131. The standard InChI is InChI=1S/C16H14BrNO/c17-14-7-6-13-8-9-18(16(19)15(13)10-14)11-12-4-2-1-3-5-12/h1-7,10H,8-9,11H2. The van der Waals surface area contributed by atoms with E-state index in [9.17, 15) is 4.79 Å². The maximum atomic E-state index is 12.5. The Labute approximate surface area is 121 Å². The number of halogens is 1. The second-order valence-electron chi connectivity index (χ2n) is 4.76. The molecule has 0 saturated heterocycles. The van der Waals surface area contributed by atoms with E-state index < -0.39 is 0 Å². The maximum Gasteiger partial charge on any atom is 0.254 e. The number of nitrogens with zero attached hydrogens (tertiary/aromatic N) is 1. The van der Waals surface area contributed by atoms with Gasteiger partial charge in [0.05, 0.1) is 0 Å². The van der Waals surface area contributed by atoms with E-state index in [0.29, 0.717) is 6.54 Å². The molecule has 2 aromatic carbocycles. The van der Waals surface area contributed by atoms with E-state index in [1.807, 2.05) is 41.3 Å². The molecule has 2 nitrogen and oxygen atoms in total. The van der Waals surface area contributed by atoms with Crippen molar-refractivity contribution in [3.05, 3.63) is 69.7 Å². The highest BCUT2D eigenvalue weighted by Gasteiger charge is 2.24. The van der Waals surface area contributed by atoms with Crippen molar-refractivity contribution in [2.24, 2.45) is 0 Å². The van der Waals surface area contributed by atoms with Crippen LogP contribution in [0.1, 0.15) is 21.5 Å². The van der Waals surface area contributed by atoms with Gasteiger partial charge >= 0.3 is 0 Å². The van der Waals surface area contributed by atoms with Gasteiger partial charge in [0.25, 0.3) is 5.91 Å². The predicted octanol–water partition coefficient (Wildman–Crippen LogP) is 3.65. The summed E-state index contributed by atoms with van der Waals surface area (Å²) in [6.45, 7) is 1.48. The quantitative estimate of drug-likeness (QED) is 0.828. The summed E-state index contributed by atoms with van der Waals surface area (Å²) in [5.41, 5.74) is 3.16. The summed E-state index contributed by atoms with van der Waals surface area (Å²) in [4.78, 5) is 14.4. The molecule has 1 aliphatic heterocycles. The Kier molecular flexibility index (Phi) is 3.38. The minimum atomic E-state index is 0.131. The molecule has 19 heavy (non-hydrogen) atoms. The highest BCUT2D eigenvalue weighted by atomic mass is 79.9. The van der Waals surface area contributed by atoms with E-state index in [4.69, 9.17) is 0 Å². The molecule has 0 aromatic heterocycles. The minimum Gasteiger partial charge on any atom is -0.334 e. The first-order valence-electron chi connectivity index (χ1n) is 6.35. The zero-order chi connectivity index (χ0) is 13.2. The van der Waals surface area contributed by atoms with Crippen molar-refractivity contribution in [2.75, 3.05) is 6.54 Å². The molecule has 0 bridgehead atoms. The van der Waals surface area contributed by atoms with Crippen molar-refractivity contribution >= 4 is 21.8 Å². The average molecular weight is 316 g/mol. The molecule has 0 radical (unpaired) electrons. The fourth-order valence-electron chi connectivity index (χ4n) is 2.45. The first-order chi connectivity index (χ1) is 9.24. The molecular formula is C16H14BrNO. The van der Waals surface area contributed by atoms with E-state index in [-0.39, 0.29) is 5.91 Å². The van der Waals surface area contributed by atoms with Crippen LogP contribution < -0.4 is 0 Å². The lowest BCUT2D eigenvalue weighted by molar-refractivity contribution is 0.0727. The van der Waals surface area contributed by atoms with Gasteiger partial charge in [0.1, 0.15) is 0 Å². The minimum absolute atomic E-state index is 0.131. The van der Waals surface area contributed by atoms with E-state index >= 15 is 0 Å². The number of hydrogen-bond acceptors (Lipinski definition) is 1. The molecule has 0 aliphatic carbocycles. The van der Waals surface area contributed by atoms with Gasteiger partial charge in [-0.2, -0.15) is 0 Å². The molecule has 1 heterocycles. The number of carbonyl (C=O) groups is 1. The van der Waals surface area contributed by atoms with Crippen LogP contribution in [-0.4, -0.2) is 17.4 Å². The molecular weight excluding hydrogens is 302 g/mol. The monoisotopic (exact) mass is 315 g/mol. The van der Waals surface area contributed by atoms with Gasteiger partial charge in [0, 0.05) is 23.1 Å². The van der Waals surface area contributed by atoms with Crippen LogP contribution in [0, 0.1) is 0 Å². The Morgan fingerprint density at radius 2 is 1.89 bits per heavy atom. The van der Waals surface area contributed by atoms with Gasteiger partial charge in [-0.25, -0.2) is 0 Å². The smallest absolute Gasteiger partial charge is 0.254 e. The van der Waals surface area contributed by atoms with E-state index in [0.717, 1.165) is 28.6 Å². The van der Waals surface area contributed by atoms with Crippen molar-refractivity contribution in [1.82, 2.24) is 4.90 Å². The second-order valence-corrected chi connectivity index (χ2v) is 5.68. The Bertz CT molecular complexity index is 609. The van der Waals surface area contributed by atoms with Crippen LogP contribution in [0.15, 0.2) is 53.0 Å². The lowest BCUT2D eigenvalue weighted by Gasteiger charge is -2.28. The summed E-state index contributed by atoms with van der Waals surface area (Å²) >= 11 is 3.43. The molecule has 0 unspecified atom stereocenters. The number of rotatable bonds is 2. The fourth-order valence-corrected chi connectivity index (χ4v) is 2.81. The van der Waals surface area contributed by atoms with Crippen molar-refractivity contribution in [2.45, 2.75) is 13.0 Å². The van der Waals surface area contributed by atoms with E-state index in [2.05, 4.69) is 28.1 Å². The zero-order valence-corrected chi connectivity index (χ0v) is 12.1. The van der Waals surface area contributed by atoms with Crippen LogP contribution in [0.5, 0.6) is 0 Å². The SMILES string of the molecule is O=C1c2cc(Br)ccc2CCN1Cc1ccccc1. The molecule has 96 valence electrons. The van der Waals surface area contributed by atoms with Gasteiger partial charge in [0.2, 0.25) is 0 Å². The highest BCUT2D eigenvalue weighted by molar-refractivity contribution is 9.10. The van der Waals surface area contributed by atoms with Gasteiger partial charge in [-0.05, 0) is 29.7 Å². The van der Waals surface area contributed by atoms with Crippen LogP contribution >= 0.6 is 15.9 Å². The lowest BCUT2D eigenvalue weighted by atomic mass is 9.99. The summed E-state index contributed by atoms with van der Waals surface area (Å²) in [5, 5.41) is 0. The Morgan fingerprint density at radius 1 is 1.11 bits per heavy atom. The Hall–Kier alpha value is -1.61. The third kappa shape index (κ3) is 2.56. The predicted molar refractivity (Wildman–Crippen MR) is 79.0 cm³/mol. The van der Waals surface area contributed by atoms with Crippen molar-refractivity contribution in [1.29, 1.82) is 0 Å². The van der Waals surface area contributed by atoms with Crippen LogP contribution in [0.4, 0.5) is 0 Å². The third-order valence-corrected chi connectivity index (χ3v) is 3.95. The molecule has 2 aromatic rings. The molecule has 1 amide bonds. The van der Waals surface area contributed by atoms with E-state index in [1.165, 1.54) is 5.56 Å². The Balaban J connectivity index is 1.85. The highest BCUT2D eigenvalue weighted by Crippen LogP contribution is 2.24. The van der Waals surface area contributed by atoms with Gasteiger partial charge in [-0.3, -0.25) is 4.79 Å². The zero-order valence-electron chi connectivity index (χ0n) is 10.5. The van der Waals surface area contributed by atoms with Gasteiger partial charge in [-0.1, -0.05) is 52.3 Å². The van der Waals surface area contributed by atoms with Crippen LogP contribution in [-0.2, 0) is 13.0 Å². The summed E-state index contributed by atoms with van der Waals surface area (Å²) in [7, 11) is 0. The fraction of sp³-hybridized carbons (Fsp3) is 0.188. The number of hydrogen-bond donors (Lipinski definition) is 0. The molecule has 0 N–H and O–H groups in total. The van der Waals surface area contributed by atoms with Crippen LogP contribution in [0.3, 0.4) is 0 Å². The first-order valence-corrected chi connectivity index (χ1v) is 7.15. The number of carbonyl (C=O) groups excluding carboxylic acids is 1. The Morgan fingerprint density at radius 3 is 2.68 bits per heavy atom. The van der Waals surface area contributed by atoms with E-state index in [1.54, 1.807) is 0 Å². The molecule has 0 atom stereocenters. The average Bonchev–Trinajstić information content (AvgIpc) is 2.44. The number of amides is 1. The number of benzene rings is 2. The number of fused-ring (bicyclic) bond motifs is 1. The van der Waals surface area contributed by atoms with Gasteiger partial charge < -0.3 is 4.90 Å². The summed E-state index contributed by atoms with van der Waals surface area (Å²) in [6, 6.07) is 16.1. The molecule has 3 heteroatoms. The van der Waals surface area contributed by atoms with Crippen molar-refractivity contribution in [3.63, 3.8) is 0 Å². The molecule has 0 fully saturated rings. The lowest BCUT2D eigenvalue weighted by Crippen LogP contribution is -2.37. The molecule has 3 rings (SSSR count). The largest absolute Gasteiger partial charge is 0.334 e. The molecule has 0 saturated carbocycles. The van der Waals surface area contributed by atoms with Crippen LogP contribution in [0.2, 0.25) is 0 Å². The molecule has 0 spiro atoms. The second kappa shape index (κ2) is 5.17. The van der Waals surface area contributed by atoms with Crippen molar-refractivity contribution < 1.29 is 4.79 Å². The van der Waals surface area contributed by atoms with Gasteiger partial charge in [0.15, 0.2) is 0 Å². The van der Waals surface area contributed by atoms with Gasteiger partial charge in [-0.15, -0.1) is 0 Å². The molecule has 1 aliphatic rings. The van der Waals surface area contributed by atoms with Crippen molar-refractivity contribution in [3.8, 4) is 0 Å². The third-order valence-electron chi connectivity index (χ3n) is 3.46. The summed E-state index contributed by atoms with van der Waals surface area (Å²) in [6.07, 6.45) is 0.932. The first kappa shape index (κ1) is 12.4. The maximum absolute atomic E-state index is 12.5. The van der Waals surface area contributed by atoms with Crippen LogP contribution in [0.25, 0.3) is 0 Å².